The van der Waals surface area contributed by atoms with Crippen LogP contribution in [-0.4, -0.2) is 9.97 Å². The molecule has 1 aliphatic rings. The van der Waals surface area contributed by atoms with E-state index in [9.17, 15) is 0 Å². The standard InChI is InChI=1S/C55H46N2.C2H6/c1-6-18-45-40(8-3)47(42-23-14-13-20-35(42)5)30-28-43(45)37-32-38(44-29-31-50-46(19-7-2)41(9-4)48-25-17-26-49(44)53(48)50)34-39(33-37)55-56-52-27-16-15-24-51(52)54(57-55)36-21-11-10-12-22-36;1-2/h6-7,10-34H,8-9H2,1-5H3;1-2H3/b18-6-,19-7-;. The zero-order chi connectivity index (χ0) is 41.0. The zero-order valence-corrected chi connectivity index (χ0v) is 35.4. The molecule has 1 aliphatic carbocycles. The fraction of sp³-hybridized carbons (Fsp3) is 0.158. The highest BCUT2D eigenvalue weighted by molar-refractivity contribution is 6.18. The Morgan fingerprint density at radius 2 is 1.12 bits per heavy atom. The van der Waals surface area contributed by atoms with E-state index in [2.05, 4.69) is 198 Å². The topological polar surface area (TPSA) is 25.8 Å². The molecule has 0 N–H and O–H groups in total. The molecular weight excluding hydrogens is 713 g/mol. The predicted molar refractivity (Wildman–Crippen MR) is 256 cm³/mol. The number of hydrogen-bond donors (Lipinski definition) is 0. The van der Waals surface area contributed by atoms with Crippen LogP contribution in [0.2, 0.25) is 0 Å². The fourth-order valence-corrected chi connectivity index (χ4v) is 9.05. The Kier molecular flexibility index (Phi) is 11.3. The molecule has 1 heterocycles. The highest BCUT2D eigenvalue weighted by atomic mass is 14.9. The highest BCUT2D eigenvalue weighted by Crippen LogP contribution is 2.48. The molecule has 0 fully saturated rings. The molecule has 8 aromatic rings. The quantitative estimate of drug-likeness (QED) is 0.146. The monoisotopic (exact) mass is 764 g/mol. The van der Waals surface area contributed by atoms with Crippen LogP contribution in [0.5, 0.6) is 0 Å². The van der Waals surface area contributed by atoms with Gasteiger partial charge < -0.3 is 0 Å². The van der Waals surface area contributed by atoms with Crippen molar-refractivity contribution in [1.29, 1.82) is 0 Å². The Bertz CT molecular complexity index is 2940. The van der Waals surface area contributed by atoms with E-state index in [1.54, 1.807) is 0 Å². The van der Waals surface area contributed by atoms with Crippen molar-refractivity contribution in [2.45, 2.75) is 61.3 Å². The van der Waals surface area contributed by atoms with Crippen LogP contribution in [0.25, 0.3) is 94.9 Å². The summed E-state index contributed by atoms with van der Waals surface area (Å²) in [6.45, 7) is 15.0. The van der Waals surface area contributed by atoms with Crippen LogP contribution in [0, 0.1) is 6.92 Å². The van der Waals surface area contributed by atoms with Gasteiger partial charge in [-0.2, -0.15) is 0 Å². The van der Waals surface area contributed by atoms with E-state index in [1.807, 2.05) is 13.8 Å². The van der Waals surface area contributed by atoms with Crippen LogP contribution in [0.15, 0.2) is 158 Å². The van der Waals surface area contributed by atoms with Crippen molar-refractivity contribution in [1.82, 2.24) is 9.97 Å². The van der Waals surface area contributed by atoms with E-state index < -0.39 is 0 Å². The van der Waals surface area contributed by atoms with E-state index in [0.717, 1.165) is 51.7 Å². The Balaban J connectivity index is 0.00000238. The molecule has 0 saturated carbocycles. The van der Waals surface area contributed by atoms with E-state index in [-0.39, 0.29) is 0 Å². The molecule has 9 rings (SSSR count). The van der Waals surface area contributed by atoms with Crippen LogP contribution in [0.4, 0.5) is 0 Å². The van der Waals surface area contributed by atoms with Crippen LogP contribution in [0.3, 0.4) is 0 Å². The van der Waals surface area contributed by atoms with Gasteiger partial charge in [0.25, 0.3) is 0 Å². The van der Waals surface area contributed by atoms with Crippen LogP contribution < -0.4 is 0 Å². The minimum absolute atomic E-state index is 0.715. The molecule has 0 radical (unpaired) electrons. The lowest BCUT2D eigenvalue weighted by Crippen LogP contribution is -1.99. The summed E-state index contributed by atoms with van der Waals surface area (Å²) in [5.41, 5.74) is 20.5. The molecule has 290 valence electrons. The first-order valence-electron chi connectivity index (χ1n) is 21.3. The molecule has 2 nitrogen and oxygen atoms in total. The van der Waals surface area contributed by atoms with Crippen LogP contribution >= 0.6 is 0 Å². The number of allylic oxidation sites excluding steroid dienone is 5. The molecule has 2 heteroatoms. The van der Waals surface area contributed by atoms with Gasteiger partial charge in [0.2, 0.25) is 0 Å². The van der Waals surface area contributed by atoms with Gasteiger partial charge in [-0.25, -0.2) is 9.97 Å². The number of aromatic nitrogens is 2. The lowest BCUT2D eigenvalue weighted by atomic mass is 9.85. The number of hydrogen-bond acceptors (Lipinski definition) is 2. The molecule has 0 spiro atoms. The van der Waals surface area contributed by atoms with Crippen molar-refractivity contribution in [2.75, 3.05) is 0 Å². The average Bonchev–Trinajstić information content (AvgIpc) is 3.60. The normalized spacial score (nSPS) is 12.3. The zero-order valence-electron chi connectivity index (χ0n) is 35.4. The van der Waals surface area contributed by atoms with Gasteiger partial charge in [0.1, 0.15) is 0 Å². The van der Waals surface area contributed by atoms with Gasteiger partial charge in [0, 0.05) is 16.5 Å². The molecule has 0 atom stereocenters. The molecule has 0 amide bonds. The first-order valence-corrected chi connectivity index (χ1v) is 21.3. The smallest absolute Gasteiger partial charge is 0.160 e. The summed E-state index contributed by atoms with van der Waals surface area (Å²) in [6.07, 6.45) is 10.8. The molecule has 59 heavy (non-hydrogen) atoms. The van der Waals surface area contributed by atoms with Gasteiger partial charge in [0.15, 0.2) is 5.82 Å². The Morgan fingerprint density at radius 3 is 1.86 bits per heavy atom. The lowest BCUT2D eigenvalue weighted by molar-refractivity contribution is 1.13. The van der Waals surface area contributed by atoms with Crippen LogP contribution in [0.1, 0.15) is 75.8 Å². The second-order valence-corrected chi connectivity index (χ2v) is 14.9. The van der Waals surface area contributed by atoms with Gasteiger partial charge in [-0.3, -0.25) is 0 Å². The van der Waals surface area contributed by atoms with Crippen LogP contribution in [-0.2, 0) is 6.42 Å². The summed E-state index contributed by atoms with van der Waals surface area (Å²) in [6, 6.07) is 50.7. The van der Waals surface area contributed by atoms with E-state index in [0.29, 0.717) is 5.82 Å². The van der Waals surface area contributed by atoms with Gasteiger partial charge in [-0.15, -0.1) is 0 Å². The summed E-state index contributed by atoms with van der Waals surface area (Å²) in [7, 11) is 0. The van der Waals surface area contributed by atoms with E-state index >= 15 is 0 Å². The number of rotatable bonds is 9. The SMILES string of the molecule is C/C=C\C1=C(CC)c2cccc3c(-c4cc(-c5nc(-c6ccccc6)c6ccccc6n5)cc(-c5ccc(-c6ccccc6C)c(CC)c5/C=C\C)c4)ccc1c23.CC. The number of para-hydroxylation sites is 1. The third kappa shape index (κ3) is 7.04. The van der Waals surface area contributed by atoms with Gasteiger partial charge in [0.05, 0.1) is 11.2 Å². The summed E-state index contributed by atoms with van der Waals surface area (Å²) in [5.74, 6) is 0.715. The van der Waals surface area contributed by atoms with Gasteiger partial charge in [-0.1, -0.05) is 167 Å². The molecule has 1 aromatic heterocycles. The maximum Gasteiger partial charge on any atom is 0.160 e. The summed E-state index contributed by atoms with van der Waals surface area (Å²) in [4.78, 5) is 10.6. The summed E-state index contributed by atoms with van der Waals surface area (Å²) in [5, 5.41) is 3.65. The Labute approximate surface area is 350 Å². The van der Waals surface area contributed by atoms with Crippen molar-refractivity contribution in [3.63, 3.8) is 0 Å². The first kappa shape index (κ1) is 39.2. The molecule has 0 unspecified atom stereocenters. The third-order valence-corrected chi connectivity index (χ3v) is 11.6. The van der Waals surface area contributed by atoms with E-state index in [4.69, 9.17) is 9.97 Å². The van der Waals surface area contributed by atoms with Gasteiger partial charge in [-0.05, 0) is 141 Å². The molecular formula is C57H52N2. The second kappa shape index (κ2) is 17.1. The highest BCUT2D eigenvalue weighted by Gasteiger charge is 2.24. The van der Waals surface area contributed by atoms with Crippen molar-refractivity contribution in [3.8, 4) is 56.0 Å². The third-order valence-electron chi connectivity index (χ3n) is 11.6. The molecule has 0 aliphatic heterocycles. The van der Waals surface area contributed by atoms with Crippen molar-refractivity contribution in [2.24, 2.45) is 0 Å². The largest absolute Gasteiger partial charge is 0.228 e. The van der Waals surface area contributed by atoms with E-state index in [1.165, 1.54) is 72.0 Å². The summed E-state index contributed by atoms with van der Waals surface area (Å²) < 4.78 is 0. The number of aryl methyl sites for hydroxylation is 1. The predicted octanol–water partition coefficient (Wildman–Crippen LogP) is 16.3. The maximum atomic E-state index is 5.38. The van der Waals surface area contributed by atoms with Gasteiger partial charge >= 0.3 is 0 Å². The van der Waals surface area contributed by atoms with Crippen molar-refractivity contribution in [3.05, 3.63) is 186 Å². The number of fused-ring (bicyclic) bond motifs is 1. The minimum Gasteiger partial charge on any atom is -0.228 e. The average molecular weight is 765 g/mol. The molecule has 0 saturated heterocycles. The summed E-state index contributed by atoms with van der Waals surface area (Å²) >= 11 is 0. The van der Waals surface area contributed by atoms with Crippen molar-refractivity contribution < 1.29 is 0 Å². The van der Waals surface area contributed by atoms with Crippen molar-refractivity contribution >= 4 is 38.9 Å². The molecule has 7 aromatic carbocycles. The fourth-order valence-electron chi connectivity index (χ4n) is 9.05. The first-order chi connectivity index (χ1) is 29.0. The second-order valence-electron chi connectivity index (χ2n) is 14.9. The number of benzene rings is 7. The minimum atomic E-state index is 0.715. The Hall–Kier alpha value is -6.64. The number of nitrogens with zero attached hydrogens (tertiary/aromatic N) is 2. The lowest BCUT2D eigenvalue weighted by Gasteiger charge is -2.19. The Morgan fingerprint density at radius 1 is 0.492 bits per heavy atom. The molecule has 0 bridgehead atoms. The maximum absolute atomic E-state index is 5.38.